The number of nitrogens with zero attached hydrogens (tertiary/aromatic N) is 3. The number of nitrogens with one attached hydrogen (secondary N) is 1. The van der Waals surface area contributed by atoms with E-state index in [4.69, 9.17) is 4.42 Å². The number of aromatic nitrogens is 1. The van der Waals surface area contributed by atoms with Crippen molar-refractivity contribution in [2.24, 2.45) is 0 Å². The summed E-state index contributed by atoms with van der Waals surface area (Å²) in [7, 11) is 2.14. The molecule has 1 aliphatic heterocycles. The van der Waals surface area contributed by atoms with Crippen LogP contribution in [0.3, 0.4) is 0 Å². The van der Waals surface area contributed by atoms with E-state index in [1.807, 2.05) is 12.1 Å². The molecular weight excluding hydrogens is 395 g/mol. The summed E-state index contributed by atoms with van der Waals surface area (Å²) >= 11 is 0. The standard InChI is InChI=1S/C24H27FN4O2/c1-28-12-14-29(15-13-28)21-5-3-2-4-19(21)16-26-23(30)10-11-24-27-17-22(31-24)18-6-8-20(25)9-7-18/h2-9,17H,10-16H2,1H3,(H,26,30). The van der Waals surface area contributed by atoms with Crippen molar-refractivity contribution in [2.45, 2.75) is 19.4 Å². The molecule has 1 aromatic heterocycles. The number of halogens is 1. The molecular formula is C24H27FN4O2. The van der Waals surface area contributed by atoms with Crippen molar-refractivity contribution in [1.29, 1.82) is 0 Å². The number of para-hydroxylation sites is 1. The van der Waals surface area contributed by atoms with Crippen molar-refractivity contribution in [1.82, 2.24) is 15.2 Å². The summed E-state index contributed by atoms with van der Waals surface area (Å²) in [4.78, 5) is 21.3. The Morgan fingerprint density at radius 2 is 1.84 bits per heavy atom. The van der Waals surface area contributed by atoms with Gasteiger partial charge in [0.1, 0.15) is 5.82 Å². The number of rotatable bonds is 7. The van der Waals surface area contributed by atoms with Crippen LogP contribution in [0.25, 0.3) is 11.3 Å². The molecule has 0 saturated carbocycles. The molecule has 2 heterocycles. The van der Waals surface area contributed by atoms with Crippen LogP contribution in [-0.2, 0) is 17.8 Å². The summed E-state index contributed by atoms with van der Waals surface area (Å²) in [6.07, 6.45) is 2.31. The number of anilines is 1. The number of amides is 1. The smallest absolute Gasteiger partial charge is 0.220 e. The Labute approximate surface area is 181 Å². The molecule has 31 heavy (non-hydrogen) atoms. The Morgan fingerprint density at radius 1 is 1.10 bits per heavy atom. The summed E-state index contributed by atoms with van der Waals surface area (Å²) in [5.74, 6) is 0.716. The summed E-state index contributed by atoms with van der Waals surface area (Å²) < 4.78 is 18.8. The average molecular weight is 423 g/mol. The van der Waals surface area contributed by atoms with E-state index in [1.165, 1.54) is 17.8 Å². The third kappa shape index (κ3) is 5.49. The molecule has 4 rings (SSSR count). The van der Waals surface area contributed by atoms with Crippen molar-refractivity contribution in [3.63, 3.8) is 0 Å². The van der Waals surface area contributed by atoms with Gasteiger partial charge in [-0.1, -0.05) is 18.2 Å². The van der Waals surface area contributed by atoms with E-state index in [-0.39, 0.29) is 11.7 Å². The lowest BCUT2D eigenvalue weighted by Crippen LogP contribution is -2.45. The zero-order valence-corrected chi connectivity index (χ0v) is 17.7. The summed E-state index contributed by atoms with van der Waals surface area (Å²) in [6.45, 7) is 4.55. The molecule has 1 amide bonds. The monoisotopic (exact) mass is 422 g/mol. The lowest BCUT2D eigenvalue weighted by Gasteiger charge is -2.35. The third-order valence-electron chi connectivity index (χ3n) is 5.56. The zero-order chi connectivity index (χ0) is 21.6. The van der Waals surface area contributed by atoms with Crippen molar-refractivity contribution in [3.8, 4) is 11.3 Å². The van der Waals surface area contributed by atoms with Crippen LogP contribution in [0.4, 0.5) is 10.1 Å². The van der Waals surface area contributed by atoms with Crippen molar-refractivity contribution in [3.05, 3.63) is 72.0 Å². The molecule has 1 saturated heterocycles. The Morgan fingerprint density at radius 3 is 2.61 bits per heavy atom. The Balaban J connectivity index is 1.29. The quantitative estimate of drug-likeness (QED) is 0.632. The zero-order valence-electron chi connectivity index (χ0n) is 17.7. The fourth-order valence-corrected chi connectivity index (χ4v) is 3.69. The molecule has 0 bridgehead atoms. The molecule has 1 N–H and O–H groups in total. The van der Waals surface area contributed by atoms with Gasteiger partial charge >= 0.3 is 0 Å². The van der Waals surface area contributed by atoms with Gasteiger partial charge in [0.15, 0.2) is 11.7 Å². The number of carbonyl (C=O) groups is 1. The maximum atomic E-state index is 13.1. The molecule has 0 spiro atoms. The number of hydrogen-bond acceptors (Lipinski definition) is 5. The Hall–Kier alpha value is -3.19. The molecule has 7 heteroatoms. The molecule has 0 radical (unpaired) electrons. The Kier molecular flexibility index (Phi) is 6.62. The number of aryl methyl sites for hydroxylation is 1. The maximum Gasteiger partial charge on any atom is 0.220 e. The van der Waals surface area contributed by atoms with Gasteiger partial charge in [-0.05, 0) is 42.9 Å². The van der Waals surface area contributed by atoms with Crippen molar-refractivity contribution < 1.29 is 13.6 Å². The van der Waals surface area contributed by atoms with Gasteiger partial charge < -0.3 is 19.5 Å². The molecule has 0 atom stereocenters. The number of piperazine rings is 1. The number of oxazole rings is 1. The number of carbonyl (C=O) groups excluding carboxylic acids is 1. The summed E-state index contributed by atoms with van der Waals surface area (Å²) in [5, 5.41) is 3.02. The van der Waals surface area contributed by atoms with Crippen LogP contribution in [0.15, 0.2) is 59.1 Å². The molecule has 6 nitrogen and oxygen atoms in total. The van der Waals surface area contributed by atoms with Gasteiger partial charge in [0, 0.05) is 56.8 Å². The highest BCUT2D eigenvalue weighted by Crippen LogP contribution is 2.22. The maximum absolute atomic E-state index is 13.1. The first-order valence-corrected chi connectivity index (χ1v) is 10.6. The highest BCUT2D eigenvalue weighted by atomic mass is 19.1. The lowest BCUT2D eigenvalue weighted by molar-refractivity contribution is -0.121. The number of hydrogen-bond donors (Lipinski definition) is 1. The van der Waals surface area contributed by atoms with Crippen LogP contribution in [-0.4, -0.2) is 49.0 Å². The SMILES string of the molecule is CN1CCN(c2ccccc2CNC(=O)CCc2ncc(-c3ccc(F)cc3)o2)CC1. The minimum atomic E-state index is -0.297. The second-order valence-electron chi connectivity index (χ2n) is 7.82. The Bertz CT molecular complexity index is 1010. The van der Waals surface area contributed by atoms with E-state index < -0.39 is 0 Å². The predicted molar refractivity (Wildman–Crippen MR) is 118 cm³/mol. The van der Waals surface area contributed by atoms with Gasteiger partial charge in [0.25, 0.3) is 0 Å². The minimum absolute atomic E-state index is 0.0466. The van der Waals surface area contributed by atoms with Crippen LogP contribution in [0.1, 0.15) is 17.9 Å². The first kappa shape index (κ1) is 21.1. The van der Waals surface area contributed by atoms with Gasteiger partial charge in [-0.3, -0.25) is 4.79 Å². The fourth-order valence-electron chi connectivity index (χ4n) is 3.69. The van der Waals surface area contributed by atoms with E-state index in [0.717, 1.165) is 37.3 Å². The van der Waals surface area contributed by atoms with Crippen LogP contribution >= 0.6 is 0 Å². The first-order chi connectivity index (χ1) is 15.1. The predicted octanol–water partition coefficient (Wildman–Crippen LogP) is 3.48. The van der Waals surface area contributed by atoms with E-state index in [0.29, 0.717) is 31.0 Å². The molecule has 0 aliphatic carbocycles. The van der Waals surface area contributed by atoms with Gasteiger partial charge in [-0.15, -0.1) is 0 Å². The molecule has 1 aliphatic rings. The normalized spacial score (nSPS) is 14.6. The van der Waals surface area contributed by atoms with E-state index >= 15 is 0 Å². The summed E-state index contributed by atoms with van der Waals surface area (Å²) in [5.41, 5.74) is 3.06. The molecule has 1 fully saturated rings. The topological polar surface area (TPSA) is 61.6 Å². The second kappa shape index (κ2) is 9.75. The lowest BCUT2D eigenvalue weighted by atomic mass is 10.1. The van der Waals surface area contributed by atoms with E-state index in [2.05, 4.69) is 39.3 Å². The van der Waals surface area contributed by atoms with Crippen LogP contribution < -0.4 is 10.2 Å². The van der Waals surface area contributed by atoms with Crippen LogP contribution in [0.5, 0.6) is 0 Å². The third-order valence-corrected chi connectivity index (χ3v) is 5.56. The fraction of sp³-hybridized carbons (Fsp3) is 0.333. The van der Waals surface area contributed by atoms with Crippen LogP contribution in [0, 0.1) is 5.82 Å². The van der Waals surface area contributed by atoms with Crippen molar-refractivity contribution in [2.75, 3.05) is 38.1 Å². The largest absolute Gasteiger partial charge is 0.441 e. The molecule has 162 valence electrons. The first-order valence-electron chi connectivity index (χ1n) is 10.6. The molecule has 2 aromatic carbocycles. The van der Waals surface area contributed by atoms with Gasteiger partial charge in [-0.25, -0.2) is 9.37 Å². The van der Waals surface area contributed by atoms with E-state index in [9.17, 15) is 9.18 Å². The number of likely N-dealkylation sites (N-methyl/N-ethyl adjacent to an activating group) is 1. The van der Waals surface area contributed by atoms with Crippen molar-refractivity contribution >= 4 is 11.6 Å². The molecule has 0 unspecified atom stereocenters. The minimum Gasteiger partial charge on any atom is -0.441 e. The highest BCUT2D eigenvalue weighted by molar-refractivity contribution is 5.76. The van der Waals surface area contributed by atoms with Crippen LogP contribution in [0.2, 0.25) is 0 Å². The van der Waals surface area contributed by atoms with E-state index in [1.54, 1.807) is 18.3 Å². The molecule has 3 aromatic rings. The van der Waals surface area contributed by atoms with Gasteiger partial charge in [0.05, 0.1) is 6.20 Å². The summed E-state index contributed by atoms with van der Waals surface area (Å²) in [6, 6.07) is 14.3. The number of benzene rings is 2. The van der Waals surface area contributed by atoms with Gasteiger partial charge in [-0.2, -0.15) is 0 Å². The average Bonchev–Trinajstić information content (AvgIpc) is 3.27. The highest BCUT2D eigenvalue weighted by Gasteiger charge is 2.17. The van der Waals surface area contributed by atoms with Gasteiger partial charge in [0.2, 0.25) is 5.91 Å². The second-order valence-corrected chi connectivity index (χ2v) is 7.82.